The molecule has 1 aliphatic heterocycles. The van der Waals surface area contributed by atoms with Crippen LogP contribution in [-0.4, -0.2) is 32.9 Å². The number of halogens is 1. The first-order valence-electron chi connectivity index (χ1n) is 7.41. The zero-order valence-corrected chi connectivity index (χ0v) is 13.7. The lowest BCUT2D eigenvalue weighted by Gasteiger charge is -2.27. The van der Waals surface area contributed by atoms with E-state index < -0.39 is 0 Å². The van der Waals surface area contributed by atoms with Crippen LogP contribution >= 0.6 is 15.9 Å². The van der Waals surface area contributed by atoms with Crippen molar-refractivity contribution in [1.29, 1.82) is 0 Å². The molecule has 2 rings (SSSR count). The molecule has 0 spiro atoms. The molecule has 1 aromatic rings. The van der Waals surface area contributed by atoms with E-state index in [9.17, 15) is 0 Å². The van der Waals surface area contributed by atoms with Gasteiger partial charge in [-0.25, -0.2) is 0 Å². The molecule has 1 aromatic carbocycles. The van der Waals surface area contributed by atoms with E-state index in [1.54, 1.807) is 0 Å². The van der Waals surface area contributed by atoms with Crippen molar-refractivity contribution in [1.82, 2.24) is 5.32 Å². The van der Waals surface area contributed by atoms with Gasteiger partial charge in [-0.1, -0.05) is 22.9 Å². The Morgan fingerprint density at radius 3 is 2.80 bits per heavy atom. The maximum absolute atomic E-state index is 5.85. The van der Waals surface area contributed by atoms with Crippen LogP contribution in [0.3, 0.4) is 0 Å². The molecule has 112 valence electrons. The van der Waals surface area contributed by atoms with Gasteiger partial charge in [0.15, 0.2) is 0 Å². The van der Waals surface area contributed by atoms with Crippen molar-refractivity contribution in [2.24, 2.45) is 5.41 Å². The number of rotatable bonds is 8. The Balaban J connectivity index is 1.78. The Hall–Kier alpha value is -0.580. The first-order valence-corrected chi connectivity index (χ1v) is 8.20. The highest BCUT2D eigenvalue weighted by Crippen LogP contribution is 2.32. The molecule has 0 bridgehead atoms. The molecule has 1 unspecified atom stereocenters. The van der Waals surface area contributed by atoms with Gasteiger partial charge in [0.2, 0.25) is 0 Å². The van der Waals surface area contributed by atoms with E-state index in [0.717, 1.165) is 56.0 Å². The maximum atomic E-state index is 5.85. The molecule has 1 N–H and O–H groups in total. The molecular formula is C16H24BrNO2. The molecule has 0 saturated carbocycles. The minimum absolute atomic E-state index is 0.254. The topological polar surface area (TPSA) is 30.5 Å². The van der Waals surface area contributed by atoms with Crippen molar-refractivity contribution < 1.29 is 9.47 Å². The number of hydrogen-bond acceptors (Lipinski definition) is 3. The minimum Gasteiger partial charge on any atom is -0.494 e. The van der Waals surface area contributed by atoms with Crippen molar-refractivity contribution >= 4 is 15.9 Å². The van der Waals surface area contributed by atoms with Crippen LogP contribution in [0.15, 0.2) is 28.7 Å². The summed E-state index contributed by atoms with van der Waals surface area (Å²) in [7, 11) is 0. The summed E-state index contributed by atoms with van der Waals surface area (Å²) < 4.78 is 12.5. The van der Waals surface area contributed by atoms with Crippen LogP contribution in [-0.2, 0) is 4.74 Å². The molecule has 0 aromatic heterocycles. The summed E-state index contributed by atoms with van der Waals surface area (Å²) in [5.41, 5.74) is 0.254. The summed E-state index contributed by atoms with van der Waals surface area (Å²) >= 11 is 3.43. The lowest BCUT2D eigenvalue weighted by Crippen LogP contribution is -2.36. The standard InChI is InChI=1S/C16H24BrNO2/c1-2-9-18-12-16(7-10-19-13-16)8-11-20-15-5-3-14(17)4-6-15/h3-6,18H,2,7-13H2,1H3. The van der Waals surface area contributed by atoms with Gasteiger partial charge in [-0.3, -0.25) is 0 Å². The van der Waals surface area contributed by atoms with Crippen LogP contribution < -0.4 is 10.1 Å². The summed E-state index contributed by atoms with van der Waals surface area (Å²) in [6.07, 6.45) is 3.35. The number of nitrogens with one attached hydrogen (secondary N) is 1. The van der Waals surface area contributed by atoms with E-state index in [2.05, 4.69) is 28.2 Å². The Kier molecular flexibility index (Phi) is 6.33. The fourth-order valence-electron chi connectivity index (χ4n) is 2.52. The molecule has 1 fully saturated rings. The van der Waals surface area contributed by atoms with Crippen molar-refractivity contribution in [3.63, 3.8) is 0 Å². The Morgan fingerprint density at radius 2 is 2.15 bits per heavy atom. The fourth-order valence-corrected chi connectivity index (χ4v) is 2.79. The predicted molar refractivity (Wildman–Crippen MR) is 85.3 cm³/mol. The van der Waals surface area contributed by atoms with Gasteiger partial charge in [-0.15, -0.1) is 0 Å². The molecule has 1 heterocycles. The largest absolute Gasteiger partial charge is 0.494 e. The van der Waals surface area contributed by atoms with Crippen LogP contribution in [0, 0.1) is 5.41 Å². The average Bonchev–Trinajstić information content (AvgIpc) is 2.91. The van der Waals surface area contributed by atoms with Crippen LogP contribution in [0.4, 0.5) is 0 Å². The molecule has 0 amide bonds. The van der Waals surface area contributed by atoms with Crippen molar-refractivity contribution in [3.05, 3.63) is 28.7 Å². The zero-order chi connectivity index (χ0) is 14.3. The summed E-state index contributed by atoms with van der Waals surface area (Å²) in [5.74, 6) is 0.934. The Bertz CT molecular complexity index is 388. The van der Waals surface area contributed by atoms with Gasteiger partial charge < -0.3 is 14.8 Å². The molecular weight excluding hydrogens is 318 g/mol. The van der Waals surface area contributed by atoms with Gasteiger partial charge in [0.1, 0.15) is 5.75 Å². The first kappa shape index (κ1) is 15.8. The van der Waals surface area contributed by atoms with E-state index >= 15 is 0 Å². The second-order valence-corrected chi connectivity index (χ2v) is 6.45. The quantitative estimate of drug-likeness (QED) is 0.732. The third-order valence-corrected chi connectivity index (χ3v) is 4.36. The van der Waals surface area contributed by atoms with Crippen molar-refractivity contribution in [2.75, 3.05) is 32.9 Å². The highest BCUT2D eigenvalue weighted by molar-refractivity contribution is 9.10. The number of ether oxygens (including phenoxy) is 2. The summed E-state index contributed by atoms with van der Waals surface area (Å²) in [4.78, 5) is 0. The SMILES string of the molecule is CCCNCC1(CCOc2ccc(Br)cc2)CCOC1. The fraction of sp³-hybridized carbons (Fsp3) is 0.625. The van der Waals surface area contributed by atoms with E-state index in [4.69, 9.17) is 9.47 Å². The average molecular weight is 342 g/mol. The third kappa shape index (κ3) is 4.76. The monoisotopic (exact) mass is 341 g/mol. The summed E-state index contributed by atoms with van der Waals surface area (Å²) in [6.45, 7) is 6.79. The van der Waals surface area contributed by atoms with Gasteiger partial charge in [0.25, 0.3) is 0 Å². The van der Waals surface area contributed by atoms with Crippen LogP contribution in [0.2, 0.25) is 0 Å². The van der Waals surface area contributed by atoms with Gasteiger partial charge in [0, 0.05) is 23.0 Å². The van der Waals surface area contributed by atoms with Crippen molar-refractivity contribution in [3.8, 4) is 5.75 Å². The Morgan fingerprint density at radius 1 is 1.35 bits per heavy atom. The first-order chi connectivity index (χ1) is 9.74. The highest BCUT2D eigenvalue weighted by atomic mass is 79.9. The van der Waals surface area contributed by atoms with Crippen LogP contribution in [0.1, 0.15) is 26.2 Å². The van der Waals surface area contributed by atoms with Crippen LogP contribution in [0.25, 0.3) is 0 Å². The third-order valence-electron chi connectivity index (χ3n) is 3.83. The van der Waals surface area contributed by atoms with E-state index in [1.165, 1.54) is 6.42 Å². The molecule has 1 saturated heterocycles. The van der Waals surface area contributed by atoms with Gasteiger partial charge in [-0.05, 0) is 50.1 Å². The normalized spacial score (nSPS) is 22.1. The molecule has 3 nitrogen and oxygen atoms in total. The molecule has 0 aliphatic carbocycles. The lowest BCUT2D eigenvalue weighted by molar-refractivity contribution is 0.129. The van der Waals surface area contributed by atoms with E-state index in [-0.39, 0.29) is 5.41 Å². The van der Waals surface area contributed by atoms with Gasteiger partial charge in [0.05, 0.1) is 13.2 Å². The number of benzene rings is 1. The van der Waals surface area contributed by atoms with E-state index in [0.29, 0.717) is 0 Å². The van der Waals surface area contributed by atoms with E-state index in [1.807, 2.05) is 24.3 Å². The predicted octanol–water partition coefficient (Wildman–Crippen LogP) is 3.62. The lowest BCUT2D eigenvalue weighted by atomic mass is 9.84. The summed E-state index contributed by atoms with van der Waals surface area (Å²) in [5, 5.41) is 3.53. The molecule has 20 heavy (non-hydrogen) atoms. The Labute approximate surface area is 130 Å². The van der Waals surface area contributed by atoms with Crippen LogP contribution in [0.5, 0.6) is 5.75 Å². The molecule has 0 radical (unpaired) electrons. The second-order valence-electron chi connectivity index (χ2n) is 5.53. The van der Waals surface area contributed by atoms with Gasteiger partial charge >= 0.3 is 0 Å². The highest BCUT2D eigenvalue weighted by Gasteiger charge is 2.34. The number of hydrogen-bond donors (Lipinski definition) is 1. The van der Waals surface area contributed by atoms with Crippen molar-refractivity contribution in [2.45, 2.75) is 26.2 Å². The summed E-state index contributed by atoms with van der Waals surface area (Å²) in [6, 6.07) is 8.01. The second kappa shape index (κ2) is 8.01. The zero-order valence-electron chi connectivity index (χ0n) is 12.2. The molecule has 4 heteroatoms. The molecule has 1 atom stereocenters. The maximum Gasteiger partial charge on any atom is 0.119 e. The smallest absolute Gasteiger partial charge is 0.119 e. The molecule has 1 aliphatic rings. The van der Waals surface area contributed by atoms with Gasteiger partial charge in [-0.2, -0.15) is 0 Å². The minimum atomic E-state index is 0.254.